The molecule has 1 aromatic rings. The van der Waals surface area contributed by atoms with Crippen molar-refractivity contribution in [2.45, 2.75) is 43.5 Å². The molecule has 1 fully saturated rings. The number of rotatable bonds is 3. The molecule has 0 saturated heterocycles. The minimum Gasteiger partial charge on any atom is -0.208 e. The largest absolute Gasteiger partial charge is 0.243 e. The molecule has 0 unspecified atom stereocenters. The number of sulfonamides is 1. The topological polar surface area (TPSA) is 46.2 Å². The Labute approximate surface area is 138 Å². The third-order valence-electron chi connectivity index (χ3n) is 3.57. The molecule has 0 aromatic heterocycles. The number of halogens is 3. The highest BCUT2D eigenvalue weighted by molar-refractivity contribution is 9.10. The Kier molecular flexibility index (Phi) is 5.40. The maximum atomic E-state index is 12.4. The first-order chi connectivity index (χ1) is 9.29. The highest BCUT2D eigenvalue weighted by Crippen LogP contribution is 2.33. The Hall–Kier alpha value is 0.190. The molecule has 0 aliphatic heterocycles. The van der Waals surface area contributed by atoms with E-state index in [-0.39, 0.29) is 21.0 Å². The molecule has 0 radical (unpaired) electrons. The van der Waals surface area contributed by atoms with Crippen LogP contribution in [0, 0.1) is 5.92 Å². The molecule has 0 bridgehead atoms. The van der Waals surface area contributed by atoms with E-state index in [1.54, 1.807) is 0 Å². The average molecular weight is 401 g/mol. The van der Waals surface area contributed by atoms with Crippen molar-refractivity contribution in [3.63, 3.8) is 0 Å². The molecule has 0 amide bonds. The second kappa shape index (κ2) is 6.53. The average Bonchev–Trinajstić information content (AvgIpc) is 2.30. The van der Waals surface area contributed by atoms with Crippen LogP contribution in [0.15, 0.2) is 21.5 Å². The lowest BCUT2D eigenvalue weighted by Crippen LogP contribution is -2.37. The van der Waals surface area contributed by atoms with E-state index in [0.29, 0.717) is 10.4 Å². The van der Waals surface area contributed by atoms with Crippen molar-refractivity contribution in [3.05, 3.63) is 26.7 Å². The summed E-state index contributed by atoms with van der Waals surface area (Å²) in [5.74, 6) is 0.663. The summed E-state index contributed by atoms with van der Waals surface area (Å²) in [6, 6.07) is 3.03. The van der Waals surface area contributed by atoms with Crippen LogP contribution in [-0.2, 0) is 10.0 Å². The van der Waals surface area contributed by atoms with Gasteiger partial charge in [-0.25, -0.2) is 13.1 Å². The molecule has 1 aliphatic rings. The summed E-state index contributed by atoms with van der Waals surface area (Å²) in [6.07, 6.45) is 3.78. The molecular formula is C13H16BrCl2NO2S. The van der Waals surface area contributed by atoms with Gasteiger partial charge in [-0.3, -0.25) is 0 Å². The molecule has 20 heavy (non-hydrogen) atoms. The van der Waals surface area contributed by atoms with Gasteiger partial charge in [-0.15, -0.1) is 0 Å². The summed E-state index contributed by atoms with van der Waals surface area (Å²) >= 11 is 15.3. The Bertz CT molecular complexity index is 575. The molecule has 3 nitrogen and oxygen atoms in total. The van der Waals surface area contributed by atoms with Gasteiger partial charge in [0.25, 0.3) is 0 Å². The first kappa shape index (κ1) is 16.6. The zero-order valence-electron chi connectivity index (χ0n) is 11.0. The fourth-order valence-electron chi connectivity index (χ4n) is 2.44. The Morgan fingerprint density at radius 2 is 1.65 bits per heavy atom. The fourth-order valence-corrected chi connectivity index (χ4v) is 5.68. The van der Waals surface area contributed by atoms with E-state index in [1.165, 1.54) is 12.1 Å². The highest BCUT2D eigenvalue weighted by atomic mass is 79.9. The predicted octanol–water partition coefficient (Wildman–Crippen LogP) is 4.61. The Balaban J connectivity index is 2.23. The molecular weight excluding hydrogens is 385 g/mol. The maximum absolute atomic E-state index is 12.4. The molecule has 112 valence electrons. The number of hydrogen-bond donors (Lipinski definition) is 1. The maximum Gasteiger partial charge on any atom is 0.243 e. The van der Waals surface area contributed by atoms with Crippen molar-refractivity contribution in [3.8, 4) is 0 Å². The molecule has 7 heteroatoms. The van der Waals surface area contributed by atoms with E-state index in [2.05, 4.69) is 27.6 Å². The van der Waals surface area contributed by atoms with Gasteiger partial charge in [0.05, 0.1) is 10.0 Å². The molecule has 1 aliphatic carbocycles. The van der Waals surface area contributed by atoms with Gasteiger partial charge in [0.1, 0.15) is 4.90 Å². The molecule has 0 atom stereocenters. The number of benzene rings is 1. The van der Waals surface area contributed by atoms with Crippen LogP contribution in [0.3, 0.4) is 0 Å². The van der Waals surface area contributed by atoms with E-state index in [9.17, 15) is 8.42 Å². The molecule has 1 saturated carbocycles. The Morgan fingerprint density at radius 1 is 1.15 bits per heavy atom. The van der Waals surface area contributed by atoms with Crippen LogP contribution in [0.5, 0.6) is 0 Å². The minimum atomic E-state index is -3.69. The standard InChI is InChI=1S/C13H16BrCl2NO2S/c1-8-2-4-10(5-3-8)17-20(18,19)13-11(15)6-9(14)7-12(13)16/h6-8,10,17H,2-5H2,1H3. The smallest absolute Gasteiger partial charge is 0.208 e. The van der Waals surface area contributed by atoms with Crippen molar-refractivity contribution >= 4 is 49.2 Å². The van der Waals surface area contributed by atoms with Crippen LogP contribution < -0.4 is 4.72 Å². The van der Waals surface area contributed by atoms with E-state index in [1.807, 2.05) is 0 Å². The summed E-state index contributed by atoms with van der Waals surface area (Å²) in [7, 11) is -3.69. The van der Waals surface area contributed by atoms with E-state index in [0.717, 1.165) is 25.7 Å². The monoisotopic (exact) mass is 399 g/mol. The fraction of sp³-hybridized carbons (Fsp3) is 0.538. The van der Waals surface area contributed by atoms with Crippen LogP contribution in [0.25, 0.3) is 0 Å². The van der Waals surface area contributed by atoms with Crippen LogP contribution >= 0.6 is 39.1 Å². The van der Waals surface area contributed by atoms with E-state index < -0.39 is 10.0 Å². The molecule has 1 N–H and O–H groups in total. The normalized spacial score (nSPS) is 23.8. The third-order valence-corrected chi connectivity index (χ3v) is 6.47. The summed E-state index contributed by atoms with van der Waals surface area (Å²) in [4.78, 5) is -0.0392. The predicted molar refractivity (Wildman–Crippen MR) is 85.9 cm³/mol. The van der Waals surface area contributed by atoms with Gasteiger partial charge < -0.3 is 0 Å². The zero-order chi connectivity index (χ0) is 14.9. The first-order valence-electron chi connectivity index (χ1n) is 6.46. The summed E-state index contributed by atoms with van der Waals surface area (Å²) in [5, 5.41) is 0.252. The second-order valence-electron chi connectivity index (χ2n) is 5.28. The second-order valence-corrected chi connectivity index (χ2v) is 8.66. The number of hydrogen-bond acceptors (Lipinski definition) is 2. The lowest BCUT2D eigenvalue weighted by molar-refractivity contribution is 0.332. The first-order valence-corrected chi connectivity index (χ1v) is 9.49. The lowest BCUT2D eigenvalue weighted by atomic mass is 9.88. The zero-order valence-corrected chi connectivity index (χ0v) is 14.9. The highest BCUT2D eigenvalue weighted by Gasteiger charge is 2.27. The van der Waals surface area contributed by atoms with Gasteiger partial charge in [-0.1, -0.05) is 46.1 Å². The van der Waals surface area contributed by atoms with E-state index >= 15 is 0 Å². The molecule has 2 rings (SSSR count). The van der Waals surface area contributed by atoms with Crippen molar-refractivity contribution in [2.75, 3.05) is 0 Å². The van der Waals surface area contributed by atoms with Gasteiger partial charge in [0.15, 0.2) is 0 Å². The molecule has 0 spiro atoms. The van der Waals surface area contributed by atoms with Gasteiger partial charge in [-0.2, -0.15) is 0 Å². The third kappa shape index (κ3) is 3.89. The van der Waals surface area contributed by atoms with Crippen molar-refractivity contribution < 1.29 is 8.42 Å². The quantitative estimate of drug-likeness (QED) is 0.804. The number of nitrogens with one attached hydrogen (secondary N) is 1. The van der Waals surface area contributed by atoms with Crippen LogP contribution in [-0.4, -0.2) is 14.5 Å². The van der Waals surface area contributed by atoms with Crippen molar-refractivity contribution in [1.29, 1.82) is 0 Å². The molecule has 0 heterocycles. The Morgan fingerprint density at radius 3 is 2.15 bits per heavy atom. The van der Waals surface area contributed by atoms with Crippen LogP contribution in [0.4, 0.5) is 0 Å². The minimum absolute atomic E-state index is 0.0352. The van der Waals surface area contributed by atoms with E-state index in [4.69, 9.17) is 23.2 Å². The SMILES string of the molecule is CC1CCC(NS(=O)(=O)c2c(Cl)cc(Br)cc2Cl)CC1. The summed E-state index contributed by atoms with van der Waals surface area (Å²) in [6.45, 7) is 2.19. The van der Waals surface area contributed by atoms with Gasteiger partial charge in [-0.05, 0) is 43.7 Å². The van der Waals surface area contributed by atoms with Gasteiger partial charge in [0.2, 0.25) is 10.0 Å². The summed E-state index contributed by atoms with van der Waals surface area (Å²) in [5.41, 5.74) is 0. The van der Waals surface area contributed by atoms with Crippen molar-refractivity contribution in [2.24, 2.45) is 5.92 Å². The molecule has 1 aromatic carbocycles. The lowest BCUT2D eigenvalue weighted by Gasteiger charge is -2.27. The van der Waals surface area contributed by atoms with Gasteiger partial charge >= 0.3 is 0 Å². The van der Waals surface area contributed by atoms with Crippen LogP contribution in [0.2, 0.25) is 10.0 Å². The van der Waals surface area contributed by atoms with Crippen LogP contribution in [0.1, 0.15) is 32.6 Å². The van der Waals surface area contributed by atoms with Crippen molar-refractivity contribution in [1.82, 2.24) is 4.72 Å². The summed E-state index contributed by atoms with van der Waals surface area (Å²) < 4.78 is 28.3. The van der Waals surface area contributed by atoms with Gasteiger partial charge in [0, 0.05) is 10.5 Å².